The average Bonchev–Trinajstić information content (AvgIpc) is 3.26. The maximum atomic E-state index is 12.9. The number of carbonyl (C=O) groups excluding carboxylic acids is 1. The van der Waals surface area contributed by atoms with E-state index in [4.69, 9.17) is 0 Å². The molecule has 3 aromatic rings. The van der Waals surface area contributed by atoms with Crippen molar-refractivity contribution < 1.29 is 4.79 Å². The highest BCUT2D eigenvalue weighted by atomic mass is 32.1. The Bertz CT molecular complexity index is 917. The second kappa shape index (κ2) is 5.62. The molecule has 6 heteroatoms. The zero-order valence-electron chi connectivity index (χ0n) is 12.4. The maximum absolute atomic E-state index is 12.9. The van der Waals surface area contributed by atoms with Crippen LogP contribution in [0.4, 0.5) is 0 Å². The van der Waals surface area contributed by atoms with Crippen LogP contribution in [0.1, 0.15) is 34.1 Å². The molecule has 0 radical (unpaired) electrons. The lowest BCUT2D eigenvalue weighted by atomic mass is 10.1. The third kappa shape index (κ3) is 2.35. The summed E-state index contributed by atoms with van der Waals surface area (Å²) >= 11 is 1.65. The number of thiophene rings is 1. The van der Waals surface area contributed by atoms with Crippen LogP contribution in [0, 0.1) is 0 Å². The van der Waals surface area contributed by atoms with Crippen molar-refractivity contribution >= 4 is 22.9 Å². The summed E-state index contributed by atoms with van der Waals surface area (Å²) in [5, 5.41) is 2.02. The highest BCUT2D eigenvalue weighted by Crippen LogP contribution is 2.35. The summed E-state index contributed by atoms with van der Waals surface area (Å²) in [4.78, 5) is 32.7. The molecule has 4 heterocycles. The van der Waals surface area contributed by atoms with Crippen molar-refractivity contribution in [3.8, 4) is 0 Å². The molecule has 1 unspecified atom stereocenters. The zero-order chi connectivity index (χ0) is 15.8. The highest BCUT2D eigenvalue weighted by molar-refractivity contribution is 7.10. The first-order valence-electron chi connectivity index (χ1n) is 7.56. The summed E-state index contributed by atoms with van der Waals surface area (Å²) in [7, 11) is 0. The molecule has 1 saturated heterocycles. The molecule has 0 saturated carbocycles. The Morgan fingerprint density at radius 3 is 3.00 bits per heavy atom. The standard InChI is InChI=1S/C17H15N3O2S/c21-16(19-9-3-5-13(19)14-6-4-10-23-14)12-11-18-15-7-1-2-8-20(15)17(12)22/h1-2,4,6-8,10-11,13H,3,5,9H2. The predicted octanol–water partition coefficient (Wildman–Crippen LogP) is 2.73. The predicted molar refractivity (Wildman–Crippen MR) is 88.8 cm³/mol. The molecule has 1 aliphatic heterocycles. The molecular weight excluding hydrogens is 310 g/mol. The van der Waals surface area contributed by atoms with Crippen LogP contribution in [0.2, 0.25) is 0 Å². The van der Waals surface area contributed by atoms with Crippen molar-refractivity contribution in [2.45, 2.75) is 18.9 Å². The van der Waals surface area contributed by atoms with Gasteiger partial charge < -0.3 is 4.90 Å². The molecule has 0 spiro atoms. The van der Waals surface area contributed by atoms with Crippen LogP contribution < -0.4 is 5.56 Å². The number of aromatic nitrogens is 2. The lowest BCUT2D eigenvalue weighted by Crippen LogP contribution is -2.35. The third-order valence-corrected chi connectivity index (χ3v) is 5.20. The van der Waals surface area contributed by atoms with Gasteiger partial charge in [-0.15, -0.1) is 11.3 Å². The molecule has 5 nitrogen and oxygen atoms in total. The largest absolute Gasteiger partial charge is 0.331 e. The lowest BCUT2D eigenvalue weighted by molar-refractivity contribution is 0.0735. The van der Waals surface area contributed by atoms with Gasteiger partial charge in [0.1, 0.15) is 11.2 Å². The van der Waals surface area contributed by atoms with E-state index in [-0.39, 0.29) is 23.1 Å². The van der Waals surface area contributed by atoms with Gasteiger partial charge in [0.25, 0.3) is 11.5 Å². The van der Waals surface area contributed by atoms with Crippen molar-refractivity contribution in [2.24, 2.45) is 0 Å². The van der Waals surface area contributed by atoms with Crippen LogP contribution >= 0.6 is 11.3 Å². The summed E-state index contributed by atoms with van der Waals surface area (Å²) in [6.45, 7) is 0.679. The number of rotatable bonds is 2. The minimum absolute atomic E-state index is 0.0679. The van der Waals surface area contributed by atoms with Gasteiger partial charge in [-0.3, -0.25) is 14.0 Å². The number of likely N-dealkylation sites (tertiary alicyclic amines) is 1. The molecule has 1 amide bonds. The van der Waals surface area contributed by atoms with Gasteiger partial charge in [0.15, 0.2) is 0 Å². The Balaban J connectivity index is 1.74. The highest BCUT2D eigenvalue weighted by Gasteiger charge is 2.32. The number of nitrogens with zero attached hydrogens (tertiary/aromatic N) is 3. The first kappa shape index (κ1) is 14.1. The molecule has 1 aliphatic rings. The van der Waals surface area contributed by atoms with Crippen LogP contribution in [0.25, 0.3) is 5.65 Å². The summed E-state index contributed by atoms with van der Waals surface area (Å²) in [6.07, 6.45) is 4.94. The van der Waals surface area contributed by atoms with Gasteiger partial charge in [-0.1, -0.05) is 12.1 Å². The van der Waals surface area contributed by atoms with E-state index in [0.717, 1.165) is 12.8 Å². The average molecular weight is 325 g/mol. The first-order chi connectivity index (χ1) is 11.3. The minimum atomic E-state index is -0.308. The molecule has 0 bridgehead atoms. The second-order valence-electron chi connectivity index (χ2n) is 5.58. The molecule has 4 rings (SSSR count). The quantitative estimate of drug-likeness (QED) is 0.728. The Labute approximate surface area is 136 Å². The smallest absolute Gasteiger partial charge is 0.270 e. The topological polar surface area (TPSA) is 54.7 Å². The van der Waals surface area contributed by atoms with E-state index in [1.165, 1.54) is 15.5 Å². The monoisotopic (exact) mass is 325 g/mol. The van der Waals surface area contributed by atoms with E-state index in [1.807, 2.05) is 23.6 Å². The van der Waals surface area contributed by atoms with Gasteiger partial charge in [-0.2, -0.15) is 0 Å². The summed E-state index contributed by atoms with van der Waals surface area (Å²) < 4.78 is 1.42. The van der Waals surface area contributed by atoms with Crippen molar-refractivity contribution in [1.82, 2.24) is 14.3 Å². The van der Waals surface area contributed by atoms with Gasteiger partial charge in [-0.05, 0) is 36.4 Å². The SMILES string of the molecule is O=C(c1cnc2ccccn2c1=O)N1CCCC1c1cccs1. The fourth-order valence-corrected chi connectivity index (χ4v) is 3.99. The van der Waals surface area contributed by atoms with Crippen LogP contribution in [-0.4, -0.2) is 26.7 Å². The molecule has 1 atom stereocenters. The molecule has 1 fully saturated rings. The number of hydrogen-bond donors (Lipinski definition) is 0. The van der Waals surface area contributed by atoms with E-state index in [0.29, 0.717) is 12.2 Å². The number of hydrogen-bond acceptors (Lipinski definition) is 4. The van der Waals surface area contributed by atoms with E-state index in [9.17, 15) is 9.59 Å². The van der Waals surface area contributed by atoms with Crippen molar-refractivity contribution in [3.05, 3.63) is 68.9 Å². The van der Waals surface area contributed by atoms with Gasteiger partial charge in [0, 0.05) is 23.8 Å². The number of fused-ring (bicyclic) bond motifs is 1. The third-order valence-electron chi connectivity index (χ3n) is 4.23. The van der Waals surface area contributed by atoms with E-state index < -0.39 is 0 Å². The fourth-order valence-electron chi connectivity index (χ4n) is 3.11. The van der Waals surface area contributed by atoms with E-state index >= 15 is 0 Å². The van der Waals surface area contributed by atoms with Gasteiger partial charge in [0.2, 0.25) is 0 Å². The van der Waals surface area contributed by atoms with E-state index in [2.05, 4.69) is 4.98 Å². The summed E-state index contributed by atoms with van der Waals surface area (Å²) in [5.41, 5.74) is 0.375. The van der Waals surface area contributed by atoms with Crippen molar-refractivity contribution in [2.75, 3.05) is 6.54 Å². The molecule has 3 aromatic heterocycles. The second-order valence-corrected chi connectivity index (χ2v) is 6.56. The maximum Gasteiger partial charge on any atom is 0.270 e. The van der Waals surface area contributed by atoms with Crippen LogP contribution in [0.15, 0.2) is 52.9 Å². The molecular formula is C17H15N3O2S. The molecule has 0 N–H and O–H groups in total. The Hall–Kier alpha value is -2.47. The summed E-state index contributed by atoms with van der Waals surface area (Å²) in [5.74, 6) is -0.225. The normalized spacial score (nSPS) is 17.7. The molecule has 116 valence electrons. The lowest BCUT2D eigenvalue weighted by Gasteiger charge is -2.23. The fraction of sp³-hybridized carbons (Fsp3) is 0.235. The number of amides is 1. The Morgan fingerprint density at radius 1 is 1.26 bits per heavy atom. The van der Waals surface area contributed by atoms with Crippen LogP contribution in [-0.2, 0) is 0 Å². The van der Waals surface area contributed by atoms with Gasteiger partial charge >= 0.3 is 0 Å². The number of carbonyl (C=O) groups is 1. The molecule has 0 aliphatic carbocycles. The van der Waals surface area contributed by atoms with Gasteiger partial charge in [0.05, 0.1) is 6.04 Å². The van der Waals surface area contributed by atoms with Gasteiger partial charge in [-0.25, -0.2) is 4.98 Å². The van der Waals surface area contributed by atoms with Crippen LogP contribution in [0.5, 0.6) is 0 Å². The van der Waals surface area contributed by atoms with Crippen molar-refractivity contribution in [1.29, 1.82) is 0 Å². The first-order valence-corrected chi connectivity index (χ1v) is 8.44. The zero-order valence-corrected chi connectivity index (χ0v) is 13.2. The van der Waals surface area contributed by atoms with Crippen LogP contribution in [0.3, 0.4) is 0 Å². The molecule has 23 heavy (non-hydrogen) atoms. The Kier molecular flexibility index (Phi) is 3.46. The minimum Gasteiger partial charge on any atom is -0.331 e. The molecule has 0 aromatic carbocycles. The number of pyridine rings is 1. The van der Waals surface area contributed by atoms with Crippen molar-refractivity contribution in [3.63, 3.8) is 0 Å². The van der Waals surface area contributed by atoms with E-state index in [1.54, 1.807) is 34.6 Å². The summed E-state index contributed by atoms with van der Waals surface area (Å²) in [6, 6.07) is 9.43. The Morgan fingerprint density at radius 2 is 2.17 bits per heavy atom.